The SMILES string of the molecule is COc1cc(C2(C(C)N)CC2)c(OC)c2c1C1CCC2C1. The summed E-state index contributed by atoms with van der Waals surface area (Å²) < 4.78 is 11.7. The van der Waals surface area contributed by atoms with Gasteiger partial charge in [-0.1, -0.05) is 0 Å². The van der Waals surface area contributed by atoms with Crippen molar-refractivity contribution in [3.05, 3.63) is 22.8 Å². The number of hydrogen-bond donors (Lipinski definition) is 1. The van der Waals surface area contributed by atoms with Crippen LogP contribution in [0.4, 0.5) is 0 Å². The molecular weight excluding hydrogens is 262 g/mol. The van der Waals surface area contributed by atoms with E-state index in [0.29, 0.717) is 11.8 Å². The van der Waals surface area contributed by atoms with Crippen molar-refractivity contribution < 1.29 is 9.47 Å². The summed E-state index contributed by atoms with van der Waals surface area (Å²) in [5.41, 5.74) is 10.6. The highest BCUT2D eigenvalue weighted by molar-refractivity contribution is 5.63. The van der Waals surface area contributed by atoms with Gasteiger partial charge in [-0.05, 0) is 56.9 Å². The zero-order valence-corrected chi connectivity index (χ0v) is 13.2. The van der Waals surface area contributed by atoms with E-state index in [1.165, 1.54) is 36.0 Å². The Balaban J connectivity index is 1.95. The van der Waals surface area contributed by atoms with Crippen molar-refractivity contribution in [1.82, 2.24) is 0 Å². The van der Waals surface area contributed by atoms with Crippen LogP contribution in [-0.4, -0.2) is 20.3 Å². The molecule has 0 amide bonds. The lowest BCUT2D eigenvalue weighted by Gasteiger charge is -2.28. The molecule has 3 atom stereocenters. The van der Waals surface area contributed by atoms with Crippen LogP contribution < -0.4 is 15.2 Å². The van der Waals surface area contributed by atoms with Crippen molar-refractivity contribution in [3.8, 4) is 11.5 Å². The molecule has 2 saturated carbocycles. The van der Waals surface area contributed by atoms with Crippen LogP contribution in [0.1, 0.15) is 67.6 Å². The van der Waals surface area contributed by atoms with Gasteiger partial charge in [-0.2, -0.15) is 0 Å². The molecule has 3 aliphatic carbocycles. The number of benzene rings is 1. The maximum absolute atomic E-state index is 6.30. The number of methoxy groups -OCH3 is 2. The van der Waals surface area contributed by atoms with Gasteiger partial charge >= 0.3 is 0 Å². The fraction of sp³-hybridized carbons (Fsp3) is 0.667. The fourth-order valence-electron chi connectivity index (χ4n) is 4.87. The van der Waals surface area contributed by atoms with Crippen molar-refractivity contribution in [2.75, 3.05) is 14.2 Å². The molecule has 3 nitrogen and oxygen atoms in total. The number of fused-ring (bicyclic) bond motifs is 5. The second-order valence-electron chi connectivity index (χ2n) is 7.14. The van der Waals surface area contributed by atoms with E-state index < -0.39 is 0 Å². The number of nitrogens with two attached hydrogens (primary N) is 1. The summed E-state index contributed by atoms with van der Waals surface area (Å²) in [6.45, 7) is 2.12. The van der Waals surface area contributed by atoms with Gasteiger partial charge in [0.2, 0.25) is 0 Å². The molecule has 1 aromatic rings. The van der Waals surface area contributed by atoms with Crippen molar-refractivity contribution >= 4 is 0 Å². The van der Waals surface area contributed by atoms with E-state index >= 15 is 0 Å². The zero-order chi connectivity index (χ0) is 14.8. The first-order valence-electron chi connectivity index (χ1n) is 8.17. The first-order valence-corrected chi connectivity index (χ1v) is 8.17. The molecule has 2 fully saturated rings. The molecule has 0 radical (unpaired) electrons. The third-order valence-corrected chi connectivity index (χ3v) is 6.19. The smallest absolute Gasteiger partial charge is 0.126 e. The van der Waals surface area contributed by atoms with Gasteiger partial charge in [0, 0.05) is 28.1 Å². The minimum absolute atomic E-state index is 0.107. The minimum atomic E-state index is 0.107. The Labute approximate surface area is 126 Å². The average molecular weight is 287 g/mol. The molecule has 21 heavy (non-hydrogen) atoms. The Morgan fingerprint density at radius 3 is 2.33 bits per heavy atom. The van der Waals surface area contributed by atoms with Gasteiger partial charge in [0.1, 0.15) is 11.5 Å². The summed E-state index contributed by atoms with van der Waals surface area (Å²) in [5, 5.41) is 0. The summed E-state index contributed by atoms with van der Waals surface area (Å²) in [6.07, 6.45) is 6.20. The van der Waals surface area contributed by atoms with Crippen LogP contribution in [0.2, 0.25) is 0 Å². The molecule has 0 spiro atoms. The van der Waals surface area contributed by atoms with Crippen LogP contribution in [0.15, 0.2) is 6.07 Å². The van der Waals surface area contributed by atoms with Crippen LogP contribution in [0.5, 0.6) is 11.5 Å². The molecule has 2 N–H and O–H groups in total. The minimum Gasteiger partial charge on any atom is -0.496 e. The van der Waals surface area contributed by atoms with Gasteiger partial charge in [0.15, 0.2) is 0 Å². The lowest BCUT2D eigenvalue weighted by Crippen LogP contribution is -2.32. The highest BCUT2D eigenvalue weighted by atomic mass is 16.5. The molecule has 0 aromatic heterocycles. The number of hydrogen-bond acceptors (Lipinski definition) is 3. The van der Waals surface area contributed by atoms with Crippen molar-refractivity contribution in [2.45, 2.75) is 62.3 Å². The molecule has 0 aliphatic heterocycles. The predicted molar refractivity (Wildman–Crippen MR) is 83.4 cm³/mol. The first-order chi connectivity index (χ1) is 10.1. The normalized spacial score (nSPS) is 29.1. The highest BCUT2D eigenvalue weighted by Gasteiger charge is 2.52. The van der Waals surface area contributed by atoms with Crippen LogP contribution in [0.25, 0.3) is 0 Å². The molecule has 1 aromatic carbocycles. The van der Waals surface area contributed by atoms with E-state index in [1.54, 1.807) is 7.11 Å². The molecule has 3 unspecified atom stereocenters. The van der Waals surface area contributed by atoms with Crippen LogP contribution in [-0.2, 0) is 5.41 Å². The summed E-state index contributed by atoms with van der Waals surface area (Å²) in [4.78, 5) is 0. The second-order valence-corrected chi connectivity index (χ2v) is 7.14. The Morgan fingerprint density at radius 2 is 1.81 bits per heavy atom. The maximum Gasteiger partial charge on any atom is 0.126 e. The van der Waals surface area contributed by atoms with Gasteiger partial charge < -0.3 is 15.2 Å². The Bertz CT molecular complexity index is 589. The van der Waals surface area contributed by atoms with Crippen molar-refractivity contribution in [2.24, 2.45) is 5.73 Å². The predicted octanol–water partition coefficient (Wildman–Crippen LogP) is 3.45. The Kier molecular flexibility index (Phi) is 2.81. The third kappa shape index (κ3) is 1.64. The quantitative estimate of drug-likeness (QED) is 0.922. The zero-order valence-electron chi connectivity index (χ0n) is 13.2. The van der Waals surface area contributed by atoms with Crippen LogP contribution in [0, 0.1) is 0 Å². The van der Waals surface area contributed by atoms with Crippen molar-refractivity contribution in [1.29, 1.82) is 0 Å². The highest BCUT2D eigenvalue weighted by Crippen LogP contribution is 2.63. The largest absolute Gasteiger partial charge is 0.496 e. The molecule has 114 valence electrons. The summed E-state index contributed by atoms with van der Waals surface area (Å²) >= 11 is 0. The lowest BCUT2D eigenvalue weighted by atomic mass is 9.82. The number of rotatable bonds is 4. The number of ether oxygens (including phenoxy) is 2. The summed E-state index contributed by atoms with van der Waals surface area (Å²) in [6, 6.07) is 2.39. The van der Waals surface area contributed by atoms with E-state index in [9.17, 15) is 0 Å². The standard InChI is InChI=1S/C18H25NO2/c1-10(19)18(6-7-18)13-9-14(20-2)15-11-4-5-12(8-11)16(15)17(13)21-3/h9-12H,4-8,19H2,1-3H3. The topological polar surface area (TPSA) is 44.5 Å². The molecule has 0 saturated heterocycles. The van der Waals surface area contributed by atoms with Crippen LogP contribution in [0.3, 0.4) is 0 Å². The molecule has 2 bridgehead atoms. The van der Waals surface area contributed by atoms with E-state index in [2.05, 4.69) is 13.0 Å². The Hall–Kier alpha value is -1.22. The van der Waals surface area contributed by atoms with Crippen LogP contribution >= 0.6 is 0 Å². The maximum atomic E-state index is 6.30. The van der Waals surface area contributed by atoms with Gasteiger partial charge in [-0.25, -0.2) is 0 Å². The Morgan fingerprint density at radius 1 is 1.14 bits per heavy atom. The van der Waals surface area contributed by atoms with Crippen molar-refractivity contribution in [3.63, 3.8) is 0 Å². The van der Waals surface area contributed by atoms with Gasteiger partial charge in [-0.3, -0.25) is 0 Å². The summed E-state index contributed by atoms with van der Waals surface area (Å²) in [7, 11) is 3.61. The monoisotopic (exact) mass is 287 g/mol. The molecule has 3 aliphatic rings. The second kappa shape index (κ2) is 4.39. The molecule has 3 heteroatoms. The third-order valence-electron chi connectivity index (χ3n) is 6.19. The van der Waals surface area contributed by atoms with Gasteiger partial charge in [0.25, 0.3) is 0 Å². The molecular formula is C18H25NO2. The molecule has 0 heterocycles. The van der Waals surface area contributed by atoms with E-state index in [-0.39, 0.29) is 11.5 Å². The van der Waals surface area contributed by atoms with Gasteiger partial charge in [0.05, 0.1) is 14.2 Å². The van der Waals surface area contributed by atoms with E-state index in [1.807, 2.05) is 7.11 Å². The first kappa shape index (κ1) is 13.4. The fourth-order valence-corrected chi connectivity index (χ4v) is 4.87. The van der Waals surface area contributed by atoms with E-state index in [0.717, 1.165) is 24.3 Å². The molecule has 4 rings (SSSR count). The van der Waals surface area contributed by atoms with Gasteiger partial charge in [-0.15, -0.1) is 0 Å². The van der Waals surface area contributed by atoms with E-state index in [4.69, 9.17) is 15.2 Å². The summed E-state index contributed by atoms with van der Waals surface area (Å²) in [5.74, 6) is 3.53. The lowest BCUT2D eigenvalue weighted by molar-refractivity contribution is 0.378. The average Bonchev–Trinajstić information content (AvgIpc) is 3.05.